The van der Waals surface area contributed by atoms with Crippen molar-refractivity contribution in [3.05, 3.63) is 65.2 Å². The average Bonchev–Trinajstić information content (AvgIpc) is 2.76. The van der Waals surface area contributed by atoms with E-state index in [4.69, 9.17) is 0 Å². The van der Waals surface area contributed by atoms with Crippen LogP contribution in [0.3, 0.4) is 0 Å². The zero-order valence-electron chi connectivity index (χ0n) is 20.9. The number of anilines is 1. The van der Waals surface area contributed by atoms with Crippen LogP contribution in [0.2, 0.25) is 0 Å². The highest BCUT2D eigenvalue weighted by atomic mass is 32.2. The van der Waals surface area contributed by atoms with Crippen molar-refractivity contribution < 1.29 is 18.0 Å². The molecule has 34 heavy (non-hydrogen) atoms. The molecule has 0 saturated heterocycles. The first kappa shape index (κ1) is 27.4. The van der Waals surface area contributed by atoms with Gasteiger partial charge < -0.3 is 10.2 Å². The molecule has 0 unspecified atom stereocenters. The van der Waals surface area contributed by atoms with Crippen LogP contribution in [0.25, 0.3) is 0 Å². The zero-order valence-corrected chi connectivity index (χ0v) is 21.7. The van der Waals surface area contributed by atoms with Crippen molar-refractivity contribution in [3.63, 3.8) is 0 Å². The molecule has 2 amide bonds. The summed E-state index contributed by atoms with van der Waals surface area (Å²) in [5, 5.41) is 2.88. The summed E-state index contributed by atoms with van der Waals surface area (Å²) in [5.41, 5.74) is 3.28. The number of hydrogen-bond donors (Lipinski definition) is 1. The smallest absolute Gasteiger partial charge is 0.244 e. The lowest BCUT2D eigenvalue weighted by molar-refractivity contribution is -0.138. The number of nitrogens with one attached hydrogen (secondary N) is 1. The highest BCUT2D eigenvalue weighted by molar-refractivity contribution is 7.92. The van der Waals surface area contributed by atoms with Gasteiger partial charge in [-0.15, -0.1) is 0 Å². The average molecular weight is 488 g/mol. The maximum absolute atomic E-state index is 13.5. The second-order valence-electron chi connectivity index (χ2n) is 8.76. The molecule has 0 spiro atoms. The molecule has 2 rings (SSSR count). The quantitative estimate of drug-likeness (QED) is 0.465. The van der Waals surface area contributed by atoms with Crippen molar-refractivity contribution in [2.24, 2.45) is 0 Å². The summed E-state index contributed by atoms with van der Waals surface area (Å²) >= 11 is 0. The Morgan fingerprint density at radius 2 is 1.65 bits per heavy atom. The van der Waals surface area contributed by atoms with E-state index in [9.17, 15) is 18.0 Å². The predicted octanol–water partition coefficient (Wildman–Crippen LogP) is 3.45. The third-order valence-corrected chi connectivity index (χ3v) is 6.80. The monoisotopic (exact) mass is 487 g/mol. The molecule has 2 aromatic carbocycles. The molecule has 0 aromatic heterocycles. The van der Waals surface area contributed by atoms with Crippen LogP contribution in [0, 0.1) is 13.8 Å². The van der Waals surface area contributed by atoms with Crippen LogP contribution in [0.15, 0.2) is 48.5 Å². The SMILES string of the molecule is CCCCNC(=O)[C@@H](C)N(CCc1ccccc1)C(=O)CN(c1cc(C)cc(C)c1)S(C)(=O)=O. The fraction of sp³-hybridized carbons (Fsp3) is 0.462. The van der Waals surface area contributed by atoms with E-state index in [1.807, 2.05) is 57.2 Å². The first-order valence-electron chi connectivity index (χ1n) is 11.7. The number of aryl methyl sites for hydroxylation is 2. The Balaban J connectivity index is 2.30. The van der Waals surface area contributed by atoms with E-state index in [1.54, 1.807) is 19.1 Å². The molecule has 0 bridgehead atoms. The van der Waals surface area contributed by atoms with Crippen molar-refractivity contribution in [2.45, 2.75) is 53.0 Å². The van der Waals surface area contributed by atoms with Crippen LogP contribution in [0.5, 0.6) is 0 Å². The summed E-state index contributed by atoms with van der Waals surface area (Å²) in [6.45, 7) is 7.96. The van der Waals surface area contributed by atoms with E-state index >= 15 is 0 Å². The normalized spacial score (nSPS) is 12.1. The number of carbonyl (C=O) groups excluding carboxylic acids is 2. The number of carbonyl (C=O) groups is 2. The Labute approximate surface area is 204 Å². The fourth-order valence-electron chi connectivity index (χ4n) is 3.81. The van der Waals surface area contributed by atoms with Gasteiger partial charge in [-0.25, -0.2) is 8.42 Å². The Hall–Kier alpha value is -2.87. The maximum Gasteiger partial charge on any atom is 0.244 e. The molecule has 0 aliphatic heterocycles. The van der Waals surface area contributed by atoms with Gasteiger partial charge in [0.1, 0.15) is 12.6 Å². The third-order valence-electron chi connectivity index (χ3n) is 5.65. The van der Waals surface area contributed by atoms with E-state index < -0.39 is 22.0 Å². The minimum atomic E-state index is -3.73. The third kappa shape index (κ3) is 8.17. The van der Waals surface area contributed by atoms with E-state index in [0.29, 0.717) is 25.2 Å². The molecule has 0 aliphatic carbocycles. The summed E-state index contributed by atoms with van der Waals surface area (Å²) in [5.74, 6) is -0.661. The number of benzene rings is 2. The van der Waals surface area contributed by atoms with Crippen molar-refractivity contribution in [1.29, 1.82) is 0 Å². The second-order valence-corrected chi connectivity index (χ2v) is 10.7. The lowest BCUT2D eigenvalue weighted by Gasteiger charge is -2.31. The molecule has 7 nitrogen and oxygen atoms in total. The van der Waals surface area contributed by atoms with Gasteiger partial charge >= 0.3 is 0 Å². The molecule has 186 valence electrons. The Bertz CT molecular complexity index is 1050. The summed E-state index contributed by atoms with van der Waals surface area (Å²) in [4.78, 5) is 27.7. The first-order chi connectivity index (χ1) is 16.0. The van der Waals surface area contributed by atoms with E-state index in [-0.39, 0.29) is 12.5 Å². The number of sulfonamides is 1. The number of amides is 2. The Morgan fingerprint density at radius 3 is 2.21 bits per heavy atom. The molecule has 0 heterocycles. The fourth-order valence-corrected chi connectivity index (χ4v) is 4.65. The van der Waals surface area contributed by atoms with Crippen LogP contribution >= 0.6 is 0 Å². The predicted molar refractivity (Wildman–Crippen MR) is 137 cm³/mol. The van der Waals surface area contributed by atoms with Gasteiger partial charge in [0.05, 0.1) is 11.9 Å². The highest BCUT2D eigenvalue weighted by Gasteiger charge is 2.29. The minimum Gasteiger partial charge on any atom is -0.354 e. The lowest BCUT2D eigenvalue weighted by Crippen LogP contribution is -2.52. The second kappa shape index (κ2) is 12.6. The zero-order chi connectivity index (χ0) is 25.3. The van der Waals surface area contributed by atoms with E-state index in [1.165, 1.54) is 4.90 Å². The van der Waals surface area contributed by atoms with Crippen LogP contribution < -0.4 is 9.62 Å². The standard InChI is InChI=1S/C26H37N3O4S/c1-6-7-14-27-26(31)22(4)28(15-13-23-11-9-8-10-12-23)25(30)19-29(34(5,32)33)24-17-20(2)16-21(3)18-24/h8-12,16-18,22H,6-7,13-15,19H2,1-5H3,(H,27,31)/t22-/m1/s1. The molecule has 8 heteroatoms. The molecular weight excluding hydrogens is 450 g/mol. The van der Waals surface area contributed by atoms with Crippen LogP contribution in [0.1, 0.15) is 43.4 Å². The van der Waals surface area contributed by atoms with Gasteiger partial charge in [0.15, 0.2) is 0 Å². The van der Waals surface area contributed by atoms with Gasteiger partial charge in [0.25, 0.3) is 0 Å². The largest absolute Gasteiger partial charge is 0.354 e. The van der Waals surface area contributed by atoms with E-state index in [2.05, 4.69) is 5.32 Å². The van der Waals surface area contributed by atoms with Crippen molar-refractivity contribution in [2.75, 3.05) is 30.2 Å². The van der Waals surface area contributed by atoms with Crippen LogP contribution in [-0.2, 0) is 26.0 Å². The Morgan fingerprint density at radius 1 is 1.03 bits per heavy atom. The van der Waals surface area contributed by atoms with Crippen molar-refractivity contribution in [3.8, 4) is 0 Å². The molecular formula is C26H37N3O4S. The van der Waals surface area contributed by atoms with Crippen LogP contribution in [0.4, 0.5) is 5.69 Å². The molecule has 1 atom stereocenters. The van der Waals surface area contributed by atoms with Crippen LogP contribution in [-0.4, -0.2) is 57.1 Å². The number of hydrogen-bond acceptors (Lipinski definition) is 4. The number of rotatable bonds is 12. The Kier molecular flexibility index (Phi) is 10.1. The van der Waals surface area contributed by atoms with Gasteiger partial charge in [-0.3, -0.25) is 13.9 Å². The summed E-state index contributed by atoms with van der Waals surface area (Å²) in [6, 6.07) is 14.4. The maximum atomic E-state index is 13.5. The first-order valence-corrected chi connectivity index (χ1v) is 13.5. The molecule has 0 aliphatic rings. The summed E-state index contributed by atoms with van der Waals surface area (Å²) in [6.07, 6.45) is 3.45. The highest BCUT2D eigenvalue weighted by Crippen LogP contribution is 2.22. The molecule has 0 radical (unpaired) electrons. The van der Waals surface area contributed by atoms with Gasteiger partial charge in [-0.2, -0.15) is 0 Å². The van der Waals surface area contributed by atoms with Gasteiger partial charge in [0, 0.05) is 13.1 Å². The summed E-state index contributed by atoms with van der Waals surface area (Å²) < 4.78 is 26.4. The molecule has 0 fully saturated rings. The van der Waals surface area contributed by atoms with Gasteiger partial charge in [-0.05, 0) is 62.4 Å². The molecule has 0 saturated carbocycles. The molecule has 1 N–H and O–H groups in total. The minimum absolute atomic E-state index is 0.243. The lowest BCUT2D eigenvalue weighted by atomic mass is 10.1. The van der Waals surface area contributed by atoms with Crippen molar-refractivity contribution in [1.82, 2.24) is 10.2 Å². The molecule has 2 aromatic rings. The number of nitrogens with zero attached hydrogens (tertiary/aromatic N) is 2. The van der Waals surface area contributed by atoms with Gasteiger partial charge in [0.2, 0.25) is 21.8 Å². The number of unbranched alkanes of at least 4 members (excludes halogenated alkanes) is 1. The van der Waals surface area contributed by atoms with E-state index in [0.717, 1.165) is 40.1 Å². The summed E-state index contributed by atoms with van der Waals surface area (Å²) in [7, 11) is -3.73. The topological polar surface area (TPSA) is 86.8 Å². The van der Waals surface area contributed by atoms with Gasteiger partial charge in [-0.1, -0.05) is 49.7 Å². The van der Waals surface area contributed by atoms with Crippen molar-refractivity contribution >= 4 is 27.5 Å².